The number of aryl methyl sites for hydroxylation is 2. The first-order valence-corrected chi connectivity index (χ1v) is 15.0. The van der Waals surface area contributed by atoms with E-state index in [1.54, 1.807) is 26.0 Å². The molecule has 210 valence electrons. The van der Waals surface area contributed by atoms with E-state index in [0.717, 1.165) is 42.5 Å². The molecule has 38 heavy (non-hydrogen) atoms. The minimum Gasteiger partial charge on any atom is -0.459 e. The lowest BCUT2D eigenvalue weighted by atomic mass is 9.85. The smallest absolute Gasteiger partial charge is 0.348 e. The molecule has 1 aliphatic carbocycles. The lowest BCUT2D eigenvalue weighted by Crippen LogP contribution is -2.31. The molecule has 2 heterocycles. The monoisotopic (exact) mass is 604 g/mol. The average Bonchev–Trinajstić information content (AvgIpc) is 3.51. The molecular weight excluding hydrogens is 571 g/mol. The van der Waals surface area contributed by atoms with E-state index in [-0.39, 0.29) is 30.4 Å². The van der Waals surface area contributed by atoms with E-state index >= 15 is 0 Å². The van der Waals surface area contributed by atoms with Gasteiger partial charge in [-0.3, -0.25) is 0 Å². The Hall–Kier alpha value is -0.900. The van der Waals surface area contributed by atoms with Gasteiger partial charge in [-0.05, 0) is 100 Å². The SMILES string of the molecule is CC1(C)O[C@@H](CO)[C@H](COC(=O)c2ccc(CCC[C@@H]3[C@@H](CCc4cc(Cl)cc(Cl)c4)[C@H](O)C[C@H]3Cl)s2)O1. The van der Waals surface area contributed by atoms with Crippen LogP contribution in [0.25, 0.3) is 0 Å². The third-order valence-electron chi connectivity index (χ3n) is 7.33. The number of ether oxygens (including phenoxy) is 3. The predicted molar refractivity (Wildman–Crippen MR) is 150 cm³/mol. The summed E-state index contributed by atoms with van der Waals surface area (Å²) in [4.78, 5) is 14.2. The van der Waals surface area contributed by atoms with Gasteiger partial charge in [-0.2, -0.15) is 0 Å². The molecular formula is C28H35Cl3O6S. The van der Waals surface area contributed by atoms with Crippen molar-refractivity contribution in [3.63, 3.8) is 0 Å². The number of hydrogen-bond donors (Lipinski definition) is 2. The van der Waals surface area contributed by atoms with Gasteiger partial charge in [0.1, 0.15) is 23.7 Å². The zero-order valence-electron chi connectivity index (χ0n) is 21.6. The molecule has 0 amide bonds. The predicted octanol–water partition coefficient (Wildman–Crippen LogP) is 6.28. The minimum absolute atomic E-state index is 0.0185. The van der Waals surface area contributed by atoms with Gasteiger partial charge < -0.3 is 24.4 Å². The van der Waals surface area contributed by atoms with Gasteiger partial charge in [0.25, 0.3) is 0 Å². The van der Waals surface area contributed by atoms with Crippen molar-refractivity contribution in [2.45, 2.75) is 81.8 Å². The van der Waals surface area contributed by atoms with Crippen molar-refractivity contribution in [3.8, 4) is 0 Å². The number of rotatable bonds is 11. The van der Waals surface area contributed by atoms with Crippen molar-refractivity contribution in [1.82, 2.24) is 0 Å². The van der Waals surface area contributed by atoms with Crippen LogP contribution >= 0.6 is 46.1 Å². The number of esters is 1. The molecule has 0 unspecified atom stereocenters. The molecule has 1 aromatic carbocycles. The number of aliphatic hydroxyl groups excluding tert-OH is 2. The van der Waals surface area contributed by atoms with E-state index in [9.17, 15) is 15.0 Å². The molecule has 2 aliphatic rings. The number of aliphatic hydroxyl groups is 2. The first-order chi connectivity index (χ1) is 18.0. The molecule has 2 N–H and O–H groups in total. The zero-order valence-corrected chi connectivity index (χ0v) is 24.7. The minimum atomic E-state index is -0.819. The summed E-state index contributed by atoms with van der Waals surface area (Å²) < 4.78 is 16.8. The van der Waals surface area contributed by atoms with Crippen LogP contribution in [-0.4, -0.2) is 58.9 Å². The molecule has 6 nitrogen and oxygen atoms in total. The molecule has 0 bridgehead atoms. The van der Waals surface area contributed by atoms with Gasteiger partial charge in [-0.25, -0.2) is 4.79 Å². The Kier molecular flexibility index (Phi) is 10.4. The molecule has 4 rings (SSSR count). The Morgan fingerprint density at radius 3 is 2.50 bits per heavy atom. The quantitative estimate of drug-likeness (QED) is 0.232. The zero-order chi connectivity index (χ0) is 27.4. The third kappa shape index (κ3) is 7.85. The average molecular weight is 606 g/mol. The Balaban J connectivity index is 1.25. The maximum atomic E-state index is 12.6. The van der Waals surface area contributed by atoms with Gasteiger partial charge >= 0.3 is 5.97 Å². The van der Waals surface area contributed by atoms with E-state index in [1.165, 1.54) is 11.3 Å². The molecule has 1 aromatic heterocycles. The summed E-state index contributed by atoms with van der Waals surface area (Å²) in [5, 5.41) is 21.3. The number of hydrogen-bond acceptors (Lipinski definition) is 7. The third-order valence-corrected chi connectivity index (χ3v) is 9.39. The van der Waals surface area contributed by atoms with Crippen LogP contribution in [0.3, 0.4) is 0 Å². The van der Waals surface area contributed by atoms with Gasteiger partial charge in [-0.1, -0.05) is 23.2 Å². The lowest BCUT2D eigenvalue weighted by Gasteiger charge is -2.23. The number of carbonyl (C=O) groups is 1. The van der Waals surface area contributed by atoms with Crippen molar-refractivity contribution in [2.24, 2.45) is 11.8 Å². The highest BCUT2D eigenvalue weighted by Crippen LogP contribution is 2.42. The first-order valence-electron chi connectivity index (χ1n) is 13.0. The molecule has 1 saturated carbocycles. The normalized spacial score (nSPS) is 28.6. The van der Waals surface area contributed by atoms with Crippen LogP contribution in [0.5, 0.6) is 0 Å². The van der Waals surface area contributed by atoms with Gasteiger partial charge in [0.05, 0.1) is 12.7 Å². The Bertz CT molecular complexity index is 1070. The number of halogens is 3. The second-order valence-corrected chi connectivity index (χ2v) is 13.2. The Morgan fingerprint density at radius 1 is 1.08 bits per heavy atom. The summed E-state index contributed by atoms with van der Waals surface area (Å²) in [7, 11) is 0. The van der Waals surface area contributed by atoms with Crippen molar-refractivity contribution in [3.05, 3.63) is 55.7 Å². The Labute approximate surface area is 243 Å². The first kappa shape index (κ1) is 30.1. The fraction of sp³-hybridized carbons (Fsp3) is 0.607. The molecule has 1 aliphatic heterocycles. The highest BCUT2D eigenvalue weighted by molar-refractivity contribution is 7.13. The second-order valence-electron chi connectivity index (χ2n) is 10.6. The number of carbonyl (C=O) groups excluding carboxylic acids is 1. The summed E-state index contributed by atoms with van der Waals surface area (Å²) in [6, 6.07) is 9.29. The van der Waals surface area contributed by atoms with Gasteiger partial charge in [0, 0.05) is 20.3 Å². The number of thiophene rings is 1. The largest absolute Gasteiger partial charge is 0.459 e. The van der Waals surface area contributed by atoms with Crippen molar-refractivity contribution in [1.29, 1.82) is 0 Å². The highest BCUT2D eigenvalue weighted by Gasteiger charge is 2.42. The van der Waals surface area contributed by atoms with Gasteiger partial charge in [-0.15, -0.1) is 22.9 Å². The maximum absolute atomic E-state index is 12.6. The molecule has 0 radical (unpaired) electrons. The molecule has 1 saturated heterocycles. The van der Waals surface area contributed by atoms with Gasteiger partial charge in [0.2, 0.25) is 0 Å². The van der Waals surface area contributed by atoms with Crippen LogP contribution in [-0.2, 0) is 27.1 Å². The fourth-order valence-electron chi connectivity index (χ4n) is 5.59. The summed E-state index contributed by atoms with van der Waals surface area (Å²) >= 11 is 20.4. The Morgan fingerprint density at radius 2 is 1.79 bits per heavy atom. The summed E-state index contributed by atoms with van der Waals surface area (Å²) in [5.74, 6) is -0.881. The molecule has 2 fully saturated rings. The second kappa shape index (κ2) is 13.2. The van der Waals surface area contributed by atoms with Crippen LogP contribution in [0.4, 0.5) is 0 Å². The topological polar surface area (TPSA) is 85.2 Å². The molecule has 10 heteroatoms. The lowest BCUT2D eigenvalue weighted by molar-refractivity contribution is -0.151. The number of alkyl halides is 1. The summed E-state index contributed by atoms with van der Waals surface area (Å²) in [6.45, 7) is 3.34. The highest BCUT2D eigenvalue weighted by atomic mass is 35.5. The van der Waals surface area contributed by atoms with Crippen LogP contribution < -0.4 is 0 Å². The van der Waals surface area contributed by atoms with E-state index in [4.69, 9.17) is 49.0 Å². The van der Waals surface area contributed by atoms with Crippen LogP contribution in [0.15, 0.2) is 30.3 Å². The van der Waals surface area contributed by atoms with E-state index in [1.807, 2.05) is 18.2 Å². The van der Waals surface area contributed by atoms with Crippen molar-refractivity contribution >= 4 is 52.1 Å². The molecule has 6 atom stereocenters. The number of benzene rings is 1. The summed E-state index contributed by atoms with van der Waals surface area (Å²) in [5.41, 5.74) is 1.06. The maximum Gasteiger partial charge on any atom is 0.348 e. The summed E-state index contributed by atoms with van der Waals surface area (Å²) in [6.07, 6.45) is 3.41. The molecule has 2 aromatic rings. The van der Waals surface area contributed by atoms with Crippen LogP contribution in [0.2, 0.25) is 10.0 Å². The van der Waals surface area contributed by atoms with Crippen molar-refractivity contribution < 1.29 is 29.2 Å². The standard InChI is InChI=1S/C28H35Cl3O6S/c1-28(2)36-24(14-32)25(37-28)15-35-27(34)26-9-7-19(38-26)4-3-5-20-21(23(33)13-22(20)31)8-6-16-10-17(29)12-18(30)11-16/h7,9-12,20-25,32-33H,3-6,8,13-15H2,1-2H3/t20-,21-,22-,23-,24+,25+/m1/s1. The van der Waals surface area contributed by atoms with Crippen molar-refractivity contribution in [2.75, 3.05) is 13.2 Å². The fourth-order valence-corrected chi connectivity index (χ4v) is 7.60. The van der Waals surface area contributed by atoms with E-state index < -0.39 is 30.1 Å². The van der Waals surface area contributed by atoms with E-state index in [0.29, 0.717) is 21.3 Å². The van der Waals surface area contributed by atoms with E-state index in [2.05, 4.69) is 0 Å². The van der Waals surface area contributed by atoms with Gasteiger partial charge in [0.15, 0.2) is 5.79 Å². The van der Waals surface area contributed by atoms with Crippen LogP contribution in [0.1, 0.15) is 59.6 Å². The molecule has 0 spiro atoms. The van der Waals surface area contributed by atoms with Crippen LogP contribution in [0, 0.1) is 11.8 Å².